The van der Waals surface area contributed by atoms with Gasteiger partial charge in [-0.1, -0.05) is 187 Å². The summed E-state index contributed by atoms with van der Waals surface area (Å²) < 4.78 is 0. The van der Waals surface area contributed by atoms with E-state index < -0.39 is 0 Å². The minimum absolute atomic E-state index is 0. The minimum atomic E-state index is 0. The van der Waals surface area contributed by atoms with Crippen LogP contribution in [0.5, 0.6) is 0 Å². The zero-order valence-corrected chi connectivity index (χ0v) is 41.5. The van der Waals surface area contributed by atoms with Crippen LogP contribution in [0.25, 0.3) is 89.4 Å². The third-order valence-corrected chi connectivity index (χ3v) is 13.0. The number of benzene rings is 8. The molecule has 0 amide bonds. The number of rotatable bonds is 14. The molecule has 0 saturated heterocycles. The molecular weight excluding hydrogens is 1040 g/mol. The van der Waals surface area contributed by atoms with Crippen LogP contribution < -0.4 is 0 Å². The van der Waals surface area contributed by atoms with E-state index in [-0.39, 0.29) is 20.1 Å². The molecule has 4 heteroatoms. The van der Waals surface area contributed by atoms with E-state index in [0.717, 1.165) is 87.3 Å². The van der Waals surface area contributed by atoms with Gasteiger partial charge >= 0.3 is 20.1 Å². The molecule has 0 radical (unpaired) electrons. The van der Waals surface area contributed by atoms with Gasteiger partial charge in [0.1, 0.15) is 0 Å². The molecule has 0 fully saturated rings. The van der Waals surface area contributed by atoms with Gasteiger partial charge in [-0.05, 0) is 98.2 Å². The van der Waals surface area contributed by atoms with E-state index in [1.807, 2.05) is 67.1 Å². The fourth-order valence-electron chi connectivity index (χ4n) is 9.30. The Hall–Kier alpha value is -8.14. The summed E-state index contributed by atoms with van der Waals surface area (Å²) in [5.41, 5.74) is 22.4. The second-order valence-corrected chi connectivity index (χ2v) is 17.6. The molecule has 0 saturated carbocycles. The Morgan fingerprint density at radius 3 is 1.23 bits per heavy atom. The van der Waals surface area contributed by atoms with Crippen LogP contribution in [-0.4, -0.2) is 15.0 Å². The average Bonchev–Trinajstić information content (AvgIpc) is 3.45. The SMILES string of the molecule is [Ir+3].[c-]1cc(CCc2cc(CCc3c[c-]c(-c4ccccn4)cc3)cc(-c3ccc(-c4ccccc4)cc3-c3c[c-]c(-c4ccccn4)cc3-c3ccc(-c4ccccc4)cc3)c2)ccc1-c1ccccn1. The summed E-state index contributed by atoms with van der Waals surface area (Å²) in [5.74, 6) is 0. The van der Waals surface area contributed by atoms with Gasteiger partial charge in [0.05, 0.1) is 0 Å². The largest absolute Gasteiger partial charge is 3.00 e. The van der Waals surface area contributed by atoms with Gasteiger partial charge in [-0.2, -0.15) is 0 Å². The Morgan fingerprint density at radius 2 is 0.718 bits per heavy atom. The van der Waals surface area contributed by atoms with E-state index in [0.29, 0.717) is 0 Å². The van der Waals surface area contributed by atoms with Crippen LogP contribution in [0.15, 0.2) is 243 Å². The second-order valence-electron chi connectivity index (χ2n) is 17.6. The van der Waals surface area contributed by atoms with Crippen LogP contribution in [-0.2, 0) is 45.8 Å². The van der Waals surface area contributed by atoms with Gasteiger partial charge in [-0.25, -0.2) is 0 Å². The number of aryl methyl sites for hydroxylation is 4. The van der Waals surface area contributed by atoms with Crippen molar-refractivity contribution in [2.24, 2.45) is 0 Å². The quantitative estimate of drug-likeness (QED) is 0.102. The molecule has 3 aromatic heterocycles. The normalized spacial score (nSPS) is 10.9. The molecule has 3 heterocycles. The van der Waals surface area contributed by atoms with Crippen molar-refractivity contribution in [3.05, 3.63) is 283 Å². The van der Waals surface area contributed by atoms with Crippen molar-refractivity contribution in [2.45, 2.75) is 25.7 Å². The van der Waals surface area contributed by atoms with Crippen molar-refractivity contribution in [2.75, 3.05) is 0 Å². The second kappa shape index (κ2) is 22.1. The molecule has 0 atom stereocenters. The van der Waals surface area contributed by atoms with E-state index in [9.17, 15) is 0 Å². The van der Waals surface area contributed by atoms with Gasteiger partial charge in [0.25, 0.3) is 0 Å². The maximum Gasteiger partial charge on any atom is 3.00 e. The van der Waals surface area contributed by atoms with Crippen LogP contribution in [0.4, 0.5) is 0 Å². The molecule has 3 nitrogen and oxygen atoms in total. The molecule has 11 aromatic rings. The summed E-state index contributed by atoms with van der Waals surface area (Å²) in [4.78, 5) is 13.8. The summed E-state index contributed by atoms with van der Waals surface area (Å²) >= 11 is 0. The zero-order chi connectivity index (χ0) is 46.9. The van der Waals surface area contributed by atoms with E-state index in [2.05, 4.69) is 204 Å². The van der Waals surface area contributed by atoms with Gasteiger partial charge < -0.3 is 15.0 Å². The molecule has 0 aliphatic rings. The first-order valence-corrected chi connectivity index (χ1v) is 24.0. The number of hydrogen-bond donors (Lipinski definition) is 0. The number of pyridine rings is 3. The standard InChI is InChI=1S/C67H48N3.Ir/c1-3-13-52(14-4-1)54-32-34-55(35-33-54)63-47-59(67-19-9-12-42-70-67)37-39-62(63)64-46-58(53-15-5-2-6-16-53)36-38-61(64)60-44-50(22-20-48-24-28-56(29-25-48)65-17-7-10-40-68-65)43-51(45-60)23-21-49-26-30-57(31-27-49)66-18-8-11-41-69-66;/h1-19,24-28,30,32-36,38-47H,20-23H2;/q-3;+3. The monoisotopic (exact) mass is 1090 g/mol. The Balaban J connectivity index is 0.00000582. The summed E-state index contributed by atoms with van der Waals surface area (Å²) in [7, 11) is 0. The Bertz CT molecular complexity index is 3370. The number of hydrogen-bond acceptors (Lipinski definition) is 3. The first-order valence-electron chi connectivity index (χ1n) is 24.0. The van der Waals surface area contributed by atoms with E-state index in [1.165, 1.54) is 50.1 Å². The Kier molecular flexibility index (Phi) is 14.5. The van der Waals surface area contributed by atoms with Crippen molar-refractivity contribution >= 4 is 0 Å². The van der Waals surface area contributed by atoms with Gasteiger partial charge in [0.15, 0.2) is 0 Å². The molecule has 0 aliphatic heterocycles. The maximum absolute atomic E-state index is 4.75. The summed E-state index contributed by atoms with van der Waals surface area (Å²) in [6.07, 6.45) is 9.05. The van der Waals surface area contributed by atoms with Crippen LogP contribution >= 0.6 is 0 Å². The zero-order valence-electron chi connectivity index (χ0n) is 39.1. The van der Waals surface area contributed by atoms with Gasteiger partial charge in [-0.15, -0.1) is 94.5 Å². The molecule has 71 heavy (non-hydrogen) atoms. The van der Waals surface area contributed by atoms with Crippen molar-refractivity contribution in [3.63, 3.8) is 0 Å². The topological polar surface area (TPSA) is 38.7 Å². The molecule has 8 aromatic carbocycles. The smallest absolute Gasteiger partial charge is 0.305 e. The first kappa shape index (κ1) is 46.6. The van der Waals surface area contributed by atoms with E-state index in [1.54, 1.807) is 0 Å². The molecule has 11 rings (SSSR count). The van der Waals surface area contributed by atoms with Crippen molar-refractivity contribution < 1.29 is 20.1 Å². The molecule has 0 unspecified atom stereocenters. The van der Waals surface area contributed by atoms with Crippen LogP contribution in [0.1, 0.15) is 22.3 Å². The fourth-order valence-corrected chi connectivity index (χ4v) is 9.30. The minimum Gasteiger partial charge on any atom is -0.305 e. The van der Waals surface area contributed by atoms with Gasteiger partial charge in [0, 0.05) is 18.6 Å². The molecule has 0 N–H and O–H groups in total. The molecule has 0 aliphatic carbocycles. The molecule has 340 valence electrons. The summed E-state index contributed by atoms with van der Waals surface area (Å²) in [5, 5.41) is 0. The predicted molar refractivity (Wildman–Crippen MR) is 288 cm³/mol. The van der Waals surface area contributed by atoms with Gasteiger partial charge in [0.2, 0.25) is 0 Å². The van der Waals surface area contributed by atoms with Crippen molar-refractivity contribution in [3.8, 4) is 89.4 Å². The van der Waals surface area contributed by atoms with Crippen LogP contribution in [0.3, 0.4) is 0 Å². The third-order valence-electron chi connectivity index (χ3n) is 13.0. The summed E-state index contributed by atoms with van der Waals surface area (Å²) in [6, 6.07) is 90.6. The maximum atomic E-state index is 4.75. The average molecular weight is 1090 g/mol. The first-order chi connectivity index (χ1) is 34.7. The predicted octanol–water partition coefficient (Wildman–Crippen LogP) is 16.2. The Labute approximate surface area is 431 Å². The molecule has 0 bridgehead atoms. The molecular formula is C67H48IrN3. The van der Waals surface area contributed by atoms with Crippen molar-refractivity contribution in [1.82, 2.24) is 15.0 Å². The third kappa shape index (κ3) is 11.0. The van der Waals surface area contributed by atoms with Crippen molar-refractivity contribution in [1.29, 1.82) is 0 Å². The fraction of sp³-hybridized carbons (Fsp3) is 0.0597. The number of aromatic nitrogens is 3. The number of nitrogens with zero attached hydrogens (tertiary/aromatic N) is 3. The van der Waals surface area contributed by atoms with Crippen LogP contribution in [0, 0.1) is 18.2 Å². The van der Waals surface area contributed by atoms with E-state index >= 15 is 0 Å². The molecule has 0 spiro atoms. The summed E-state index contributed by atoms with van der Waals surface area (Å²) in [6.45, 7) is 0. The van der Waals surface area contributed by atoms with Crippen LogP contribution in [0.2, 0.25) is 0 Å². The van der Waals surface area contributed by atoms with E-state index in [4.69, 9.17) is 4.98 Å². The Morgan fingerprint density at radius 1 is 0.268 bits per heavy atom. The van der Waals surface area contributed by atoms with Gasteiger partial charge in [-0.3, -0.25) is 0 Å².